The number of morpholine rings is 1. The number of ether oxygens (including phenoxy) is 1. The van der Waals surface area contributed by atoms with Crippen LogP contribution in [0.4, 0.5) is 19.0 Å². The summed E-state index contributed by atoms with van der Waals surface area (Å²) in [5, 5.41) is 7.78. The van der Waals surface area contributed by atoms with E-state index in [2.05, 4.69) is 25.4 Å². The molecule has 1 fully saturated rings. The van der Waals surface area contributed by atoms with Crippen LogP contribution >= 0.6 is 11.6 Å². The van der Waals surface area contributed by atoms with Crippen LogP contribution in [0.1, 0.15) is 23.1 Å². The minimum atomic E-state index is -4.57. The Bertz CT molecular complexity index is 1150. The first kappa shape index (κ1) is 23.9. The molecule has 4 heterocycles. The summed E-state index contributed by atoms with van der Waals surface area (Å²) < 4.78 is 45.4. The zero-order chi connectivity index (χ0) is 24.5. The molecular formula is C21H21ClF3N7O2. The second-order valence-corrected chi connectivity index (χ2v) is 8.17. The standard InChI is InChI=1S/C21H21ClF3N7O2/c1-12-16(8-28-18-10-27-17(9-29-18)21(23,24)25)32(5-6-34-12)20(33)19-14(11-31(2)30-19)15-4-3-13(22)7-26-15/h3-4,7,9-12,16H,5-6,8H2,1-2H3,(H,28,29). The Morgan fingerprint density at radius 2 is 2.03 bits per heavy atom. The first-order valence-corrected chi connectivity index (χ1v) is 10.7. The average Bonchev–Trinajstić information content (AvgIpc) is 3.19. The van der Waals surface area contributed by atoms with Gasteiger partial charge < -0.3 is 15.0 Å². The van der Waals surface area contributed by atoms with E-state index in [1.54, 1.807) is 30.3 Å². The van der Waals surface area contributed by atoms with Crippen LogP contribution < -0.4 is 5.32 Å². The predicted molar refractivity (Wildman–Crippen MR) is 117 cm³/mol. The Morgan fingerprint density at radius 3 is 2.68 bits per heavy atom. The summed E-state index contributed by atoms with van der Waals surface area (Å²) in [6.45, 7) is 2.67. The molecule has 0 spiro atoms. The van der Waals surface area contributed by atoms with E-state index >= 15 is 0 Å². The number of anilines is 1. The number of aromatic nitrogens is 5. The van der Waals surface area contributed by atoms with Gasteiger partial charge in [-0.05, 0) is 19.1 Å². The molecule has 1 aliphatic heterocycles. The van der Waals surface area contributed by atoms with Gasteiger partial charge in [-0.15, -0.1) is 0 Å². The first-order chi connectivity index (χ1) is 16.1. The molecule has 0 aromatic carbocycles. The third kappa shape index (κ3) is 5.12. The number of alkyl halides is 3. The zero-order valence-electron chi connectivity index (χ0n) is 18.3. The van der Waals surface area contributed by atoms with E-state index < -0.39 is 17.9 Å². The summed E-state index contributed by atoms with van der Waals surface area (Å²) >= 11 is 5.94. The van der Waals surface area contributed by atoms with Gasteiger partial charge in [-0.1, -0.05) is 11.6 Å². The number of nitrogens with zero attached hydrogens (tertiary/aromatic N) is 6. The molecule has 3 aromatic heterocycles. The van der Waals surface area contributed by atoms with Crippen LogP contribution in [-0.2, 0) is 18.0 Å². The van der Waals surface area contributed by atoms with Crippen molar-refractivity contribution in [2.45, 2.75) is 25.2 Å². The molecule has 34 heavy (non-hydrogen) atoms. The van der Waals surface area contributed by atoms with Gasteiger partial charge in [0.15, 0.2) is 11.4 Å². The number of aryl methyl sites for hydroxylation is 1. The van der Waals surface area contributed by atoms with Gasteiger partial charge in [-0.3, -0.25) is 14.5 Å². The molecule has 4 rings (SSSR count). The van der Waals surface area contributed by atoms with Crippen LogP contribution in [0, 0.1) is 0 Å². The van der Waals surface area contributed by atoms with Crippen molar-refractivity contribution in [3.05, 3.63) is 53.3 Å². The summed E-state index contributed by atoms with van der Waals surface area (Å²) in [5.74, 6) is -0.158. The fourth-order valence-electron chi connectivity index (χ4n) is 3.68. The van der Waals surface area contributed by atoms with Crippen LogP contribution in [-0.4, -0.2) is 67.4 Å². The van der Waals surface area contributed by atoms with Gasteiger partial charge in [0, 0.05) is 32.5 Å². The van der Waals surface area contributed by atoms with Crippen molar-refractivity contribution >= 4 is 23.3 Å². The molecule has 1 N–H and O–H groups in total. The Hall–Kier alpha value is -3.25. The molecule has 0 saturated carbocycles. The van der Waals surface area contributed by atoms with Gasteiger partial charge in [-0.2, -0.15) is 18.3 Å². The van der Waals surface area contributed by atoms with Gasteiger partial charge in [0.2, 0.25) is 0 Å². The number of nitrogens with one attached hydrogen (secondary N) is 1. The molecule has 3 aromatic rings. The smallest absolute Gasteiger partial charge is 0.374 e. The van der Waals surface area contributed by atoms with E-state index in [1.165, 1.54) is 10.9 Å². The number of halogens is 4. The van der Waals surface area contributed by atoms with E-state index in [0.29, 0.717) is 35.6 Å². The van der Waals surface area contributed by atoms with Crippen molar-refractivity contribution in [2.24, 2.45) is 7.05 Å². The normalized spacial score (nSPS) is 18.7. The maximum absolute atomic E-state index is 13.6. The third-order valence-corrected chi connectivity index (χ3v) is 5.61. The molecule has 0 bridgehead atoms. The second kappa shape index (κ2) is 9.55. The number of hydrogen-bond donors (Lipinski definition) is 1. The van der Waals surface area contributed by atoms with E-state index in [1.807, 2.05) is 6.92 Å². The fraction of sp³-hybridized carbons (Fsp3) is 0.381. The number of pyridine rings is 1. The van der Waals surface area contributed by atoms with Crippen molar-refractivity contribution in [1.29, 1.82) is 0 Å². The van der Waals surface area contributed by atoms with Gasteiger partial charge in [0.25, 0.3) is 5.91 Å². The Labute approximate surface area is 197 Å². The molecule has 1 saturated heterocycles. The molecule has 180 valence electrons. The summed E-state index contributed by atoms with van der Waals surface area (Å²) in [6, 6.07) is 2.96. The summed E-state index contributed by atoms with van der Waals surface area (Å²) in [5.41, 5.74) is 0.258. The van der Waals surface area contributed by atoms with Crippen LogP contribution in [0.3, 0.4) is 0 Å². The maximum atomic E-state index is 13.6. The lowest BCUT2D eigenvalue weighted by molar-refractivity contribution is -0.141. The number of amides is 1. The number of hydrogen-bond acceptors (Lipinski definition) is 7. The topological polar surface area (TPSA) is 98.1 Å². The van der Waals surface area contributed by atoms with E-state index in [9.17, 15) is 18.0 Å². The SMILES string of the molecule is CC1OCCN(C(=O)c2nn(C)cc2-c2ccc(Cl)cn2)C1CNc1cnc(C(F)(F)F)cn1. The number of carbonyl (C=O) groups is 1. The molecule has 0 aliphatic carbocycles. The third-order valence-electron chi connectivity index (χ3n) is 5.39. The number of rotatable bonds is 5. The lowest BCUT2D eigenvalue weighted by atomic mass is 10.1. The van der Waals surface area contributed by atoms with Crippen molar-refractivity contribution in [3.8, 4) is 11.3 Å². The second-order valence-electron chi connectivity index (χ2n) is 7.73. The molecule has 1 aliphatic rings. The lowest BCUT2D eigenvalue weighted by Gasteiger charge is -2.39. The number of carbonyl (C=O) groups excluding carboxylic acids is 1. The molecule has 1 amide bonds. The molecule has 2 unspecified atom stereocenters. The van der Waals surface area contributed by atoms with E-state index in [-0.39, 0.29) is 30.1 Å². The van der Waals surface area contributed by atoms with Gasteiger partial charge in [0.1, 0.15) is 5.82 Å². The Kier molecular flexibility index (Phi) is 6.71. The molecule has 0 radical (unpaired) electrons. The highest BCUT2D eigenvalue weighted by atomic mass is 35.5. The van der Waals surface area contributed by atoms with Crippen LogP contribution in [0.2, 0.25) is 5.02 Å². The molecule has 2 atom stereocenters. The lowest BCUT2D eigenvalue weighted by Crippen LogP contribution is -2.55. The Balaban J connectivity index is 1.54. The average molecular weight is 496 g/mol. The highest BCUT2D eigenvalue weighted by molar-refractivity contribution is 6.30. The maximum Gasteiger partial charge on any atom is 0.434 e. The quantitative estimate of drug-likeness (QED) is 0.580. The first-order valence-electron chi connectivity index (χ1n) is 10.3. The van der Waals surface area contributed by atoms with Crippen LogP contribution in [0.15, 0.2) is 36.9 Å². The van der Waals surface area contributed by atoms with Gasteiger partial charge in [0.05, 0.1) is 47.4 Å². The molecule has 13 heteroatoms. The fourth-order valence-corrected chi connectivity index (χ4v) is 3.79. The Morgan fingerprint density at radius 1 is 1.24 bits per heavy atom. The largest absolute Gasteiger partial charge is 0.434 e. The summed E-state index contributed by atoms with van der Waals surface area (Å²) in [7, 11) is 1.71. The van der Waals surface area contributed by atoms with Crippen molar-refractivity contribution < 1.29 is 22.7 Å². The highest BCUT2D eigenvalue weighted by Crippen LogP contribution is 2.28. The highest BCUT2D eigenvalue weighted by Gasteiger charge is 2.36. The van der Waals surface area contributed by atoms with Gasteiger partial charge in [-0.25, -0.2) is 9.97 Å². The summed E-state index contributed by atoms with van der Waals surface area (Å²) in [6.07, 6.45) is -0.0451. The minimum absolute atomic E-state index is 0.155. The van der Waals surface area contributed by atoms with E-state index in [4.69, 9.17) is 16.3 Å². The predicted octanol–water partition coefficient (Wildman–Crippen LogP) is 3.29. The minimum Gasteiger partial charge on any atom is -0.374 e. The van der Waals surface area contributed by atoms with E-state index in [0.717, 1.165) is 6.20 Å². The zero-order valence-corrected chi connectivity index (χ0v) is 19.0. The van der Waals surface area contributed by atoms with Crippen LogP contribution in [0.5, 0.6) is 0 Å². The van der Waals surface area contributed by atoms with Crippen molar-refractivity contribution in [2.75, 3.05) is 25.0 Å². The monoisotopic (exact) mass is 495 g/mol. The van der Waals surface area contributed by atoms with Crippen LogP contribution in [0.25, 0.3) is 11.3 Å². The van der Waals surface area contributed by atoms with Gasteiger partial charge >= 0.3 is 6.18 Å². The van der Waals surface area contributed by atoms with Crippen molar-refractivity contribution in [3.63, 3.8) is 0 Å². The van der Waals surface area contributed by atoms with Crippen molar-refractivity contribution in [1.82, 2.24) is 29.6 Å². The molecular weight excluding hydrogens is 475 g/mol. The molecule has 9 nitrogen and oxygen atoms in total. The summed E-state index contributed by atoms with van der Waals surface area (Å²) in [4.78, 5) is 26.7.